The Bertz CT molecular complexity index is 1360. The van der Waals surface area contributed by atoms with E-state index in [9.17, 15) is 15.3 Å². The molecule has 1 heterocycles. The first kappa shape index (κ1) is 35.8. The molecule has 3 rings (SSSR count). The average molecular weight is 601 g/mol. The molecule has 5 atom stereocenters. The number of aliphatic hydroxyl groups excluding tert-OH is 2. The number of hydrogen-bond acceptors (Lipinski definition) is 4. The van der Waals surface area contributed by atoms with Crippen LogP contribution in [0.3, 0.4) is 0 Å². The van der Waals surface area contributed by atoms with Gasteiger partial charge in [0.05, 0.1) is 29.5 Å². The molecule has 2 aliphatic carbocycles. The fourth-order valence-electron chi connectivity index (χ4n) is 7.21. The van der Waals surface area contributed by atoms with Crippen LogP contribution in [0.4, 0.5) is 0 Å². The maximum Gasteiger partial charge on any atom is 0.0982 e. The van der Waals surface area contributed by atoms with Gasteiger partial charge in [-0.1, -0.05) is 99.6 Å². The van der Waals surface area contributed by atoms with Gasteiger partial charge in [-0.3, -0.25) is 0 Å². The number of hydrogen-bond donors (Lipinski definition) is 3. The summed E-state index contributed by atoms with van der Waals surface area (Å²) in [6.45, 7) is 20.7. The Labute approximate surface area is 267 Å². The van der Waals surface area contributed by atoms with Gasteiger partial charge in [0.25, 0.3) is 0 Å². The molecule has 2 fully saturated rings. The SMILES string of the molecule is CC(C=C=C1C(C)(C)CC(O)CC1(C)O)=CC=CC(C)=C/C=C/C=C(C)/C=C/C=C(\C)C1C=C2C(C)(C)CC(O)CC2(C)O1. The molecule has 0 aromatic rings. The van der Waals surface area contributed by atoms with E-state index in [1.807, 2.05) is 37.3 Å². The van der Waals surface area contributed by atoms with Gasteiger partial charge in [0, 0.05) is 18.4 Å². The number of ether oxygens (including phenoxy) is 1. The van der Waals surface area contributed by atoms with Crippen molar-refractivity contribution in [2.24, 2.45) is 10.8 Å². The molecule has 3 N–H and O–H groups in total. The van der Waals surface area contributed by atoms with Crippen molar-refractivity contribution in [1.82, 2.24) is 0 Å². The minimum atomic E-state index is -1.05. The fourth-order valence-corrected chi connectivity index (χ4v) is 7.21. The van der Waals surface area contributed by atoms with Crippen LogP contribution in [0.15, 0.2) is 112 Å². The lowest BCUT2D eigenvalue weighted by molar-refractivity contribution is -0.0683. The van der Waals surface area contributed by atoms with Crippen molar-refractivity contribution in [3.63, 3.8) is 0 Å². The van der Waals surface area contributed by atoms with E-state index in [0.717, 1.165) is 34.3 Å². The standard InChI is InChI=1S/C40H56O4/c1-28(17-13-18-30(3)21-22-35-37(5,6)24-32(41)26-39(35,9)43)15-11-12-16-29(2)19-14-20-31(4)34-23-36-38(7,8)25-33(42)27-40(36,10)44-34/h11-21,23,32-34,41-43H,24-27H2,1-10H3/b12-11+,17-13?,19-14+,28-15?,29-16+,30-18?,31-20+. The molecule has 0 aromatic carbocycles. The molecule has 0 aromatic heterocycles. The van der Waals surface area contributed by atoms with Crippen molar-refractivity contribution in [2.75, 3.05) is 0 Å². The first-order valence-electron chi connectivity index (χ1n) is 16.0. The summed E-state index contributed by atoms with van der Waals surface area (Å²) >= 11 is 0. The van der Waals surface area contributed by atoms with Crippen molar-refractivity contribution in [3.05, 3.63) is 112 Å². The molecule has 3 aliphatic rings. The second kappa shape index (κ2) is 14.1. The van der Waals surface area contributed by atoms with Crippen LogP contribution >= 0.6 is 0 Å². The molecule has 0 radical (unpaired) electrons. The Balaban J connectivity index is 1.56. The predicted octanol–water partition coefficient (Wildman–Crippen LogP) is 8.72. The fraction of sp³-hybridized carbons (Fsp3) is 0.525. The van der Waals surface area contributed by atoms with Crippen LogP contribution in [0.2, 0.25) is 0 Å². The van der Waals surface area contributed by atoms with Gasteiger partial charge in [-0.05, 0) is 94.1 Å². The molecular formula is C40H56O4. The van der Waals surface area contributed by atoms with E-state index in [1.54, 1.807) is 6.92 Å². The lowest BCUT2D eigenvalue weighted by Crippen LogP contribution is -2.45. The normalized spacial score (nSPS) is 33.2. The molecule has 0 bridgehead atoms. The van der Waals surface area contributed by atoms with Crippen molar-refractivity contribution in [1.29, 1.82) is 0 Å². The molecule has 240 valence electrons. The molecule has 2 saturated carbocycles. The van der Waals surface area contributed by atoms with Gasteiger partial charge in [-0.25, -0.2) is 0 Å². The molecule has 0 saturated heterocycles. The number of fused-ring (bicyclic) bond motifs is 1. The highest BCUT2D eigenvalue weighted by Crippen LogP contribution is 2.52. The zero-order valence-electron chi connectivity index (χ0n) is 28.7. The maximum atomic E-state index is 10.9. The Hall–Kier alpha value is -2.72. The third-order valence-corrected chi connectivity index (χ3v) is 9.13. The lowest BCUT2D eigenvalue weighted by atomic mass is 9.65. The van der Waals surface area contributed by atoms with E-state index in [-0.39, 0.29) is 23.0 Å². The van der Waals surface area contributed by atoms with Gasteiger partial charge in [-0.2, -0.15) is 0 Å². The van der Waals surface area contributed by atoms with Gasteiger partial charge >= 0.3 is 0 Å². The zero-order chi connectivity index (χ0) is 32.9. The van der Waals surface area contributed by atoms with Gasteiger partial charge < -0.3 is 20.1 Å². The first-order valence-corrected chi connectivity index (χ1v) is 16.0. The highest BCUT2D eigenvalue weighted by atomic mass is 16.5. The molecule has 5 unspecified atom stereocenters. The lowest BCUT2D eigenvalue weighted by Gasteiger charge is -2.44. The monoisotopic (exact) mass is 600 g/mol. The molecular weight excluding hydrogens is 544 g/mol. The average Bonchev–Trinajstić information content (AvgIpc) is 3.22. The van der Waals surface area contributed by atoms with E-state index in [0.29, 0.717) is 19.3 Å². The molecule has 44 heavy (non-hydrogen) atoms. The third kappa shape index (κ3) is 9.39. The number of aliphatic hydroxyl groups is 3. The summed E-state index contributed by atoms with van der Waals surface area (Å²) in [6, 6.07) is 0. The first-order chi connectivity index (χ1) is 20.3. The summed E-state index contributed by atoms with van der Waals surface area (Å²) in [5.74, 6) is 0. The molecule has 4 nitrogen and oxygen atoms in total. The van der Waals surface area contributed by atoms with Crippen molar-refractivity contribution in [3.8, 4) is 0 Å². The van der Waals surface area contributed by atoms with Gasteiger partial charge in [-0.15, -0.1) is 5.73 Å². The summed E-state index contributed by atoms with van der Waals surface area (Å²) in [5.41, 5.74) is 8.16. The molecule has 0 spiro atoms. The minimum Gasteiger partial charge on any atom is -0.393 e. The summed E-state index contributed by atoms with van der Waals surface area (Å²) in [4.78, 5) is 0. The highest BCUT2D eigenvalue weighted by Gasteiger charge is 2.50. The van der Waals surface area contributed by atoms with E-state index in [1.165, 1.54) is 5.57 Å². The topological polar surface area (TPSA) is 69.9 Å². The molecule has 4 heteroatoms. The van der Waals surface area contributed by atoms with Gasteiger partial charge in [0.1, 0.15) is 0 Å². The van der Waals surface area contributed by atoms with E-state index in [4.69, 9.17) is 4.74 Å². The highest BCUT2D eigenvalue weighted by molar-refractivity contribution is 5.37. The van der Waals surface area contributed by atoms with Crippen LogP contribution in [0.25, 0.3) is 0 Å². The Morgan fingerprint density at radius 2 is 1.25 bits per heavy atom. The summed E-state index contributed by atoms with van der Waals surface area (Å²) in [7, 11) is 0. The predicted molar refractivity (Wildman–Crippen MR) is 184 cm³/mol. The van der Waals surface area contributed by atoms with E-state index >= 15 is 0 Å². The molecule has 1 aliphatic heterocycles. The van der Waals surface area contributed by atoms with Crippen molar-refractivity contribution in [2.45, 2.75) is 124 Å². The molecule has 0 amide bonds. The second-order valence-corrected chi connectivity index (χ2v) is 14.9. The summed E-state index contributed by atoms with van der Waals surface area (Å²) in [6.07, 6.45) is 26.4. The Morgan fingerprint density at radius 1 is 0.727 bits per heavy atom. The van der Waals surface area contributed by atoms with Crippen LogP contribution in [0.5, 0.6) is 0 Å². The van der Waals surface area contributed by atoms with Gasteiger partial charge in [0.15, 0.2) is 0 Å². The Kier molecular flexibility index (Phi) is 11.5. The van der Waals surface area contributed by atoms with Crippen molar-refractivity contribution >= 4 is 0 Å². The van der Waals surface area contributed by atoms with Crippen molar-refractivity contribution < 1.29 is 20.1 Å². The second-order valence-electron chi connectivity index (χ2n) is 14.9. The third-order valence-electron chi connectivity index (χ3n) is 9.13. The summed E-state index contributed by atoms with van der Waals surface area (Å²) < 4.78 is 6.46. The largest absolute Gasteiger partial charge is 0.393 e. The maximum absolute atomic E-state index is 10.9. The van der Waals surface area contributed by atoms with E-state index in [2.05, 4.69) is 104 Å². The van der Waals surface area contributed by atoms with Crippen LogP contribution in [-0.4, -0.2) is 44.8 Å². The Morgan fingerprint density at radius 3 is 1.84 bits per heavy atom. The van der Waals surface area contributed by atoms with Crippen LogP contribution < -0.4 is 0 Å². The number of rotatable bonds is 8. The number of allylic oxidation sites excluding steroid dienone is 13. The smallest absolute Gasteiger partial charge is 0.0982 e. The quantitative estimate of drug-likeness (QED) is 0.148. The van der Waals surface area contributed by atoms with Crippen LogP contribution in [-0.2, 0) is 4.74 Å². The van der Waals surface area contributed by atoms with Crippen LogP contribution in [0.1, 0.15) is 94.9 Å². The van der Waals surface area contributed by atoms with E-state index < -0.39 is 17.3 Å². The van der Waals surface area contributed by atoms with Crippen LogP contribution in [0, 0.1) is 10.8 Å². The van der Waals surface area contributed by atoms with Gasteiger partial charge in [0.2, 0.25) is 0 Å². The minimum absolute atomic E-state index is 0.0566. The summed E-state index contributed by atoms with van der Waals surface area (Å²) in [5, 5.41) is 31.4. The zero-order valence-corrected chi connectivity index (χ0v) is 28.7.